The Bertz CT molecular complexity index is 6580. The van der Waals surface area contributed by atoms with Gasteiger partial charge in [0.15, 0.2) is 5.69 Å². The minimum absolute atomic E-state index is 0.102. The van der Waals surface area contributed by atoms with Crippen molar-refractivity contribution in [3.63, 3.8) is 0 Å². The fourth-order valence-corrected chi connectivity index (χ4v) is 18.9. The predicted molar refractivity (Wildman–Crippen MR) is 490 cm³/mol. The van der Waals surface area contributed by atoms with E-state index >= 15 is 0 Å². The Balaban J connectivity index is 0.000000148. The van der Waals surface area contributed by atoms with E-state index in [-0.39, 0.29) is 33.3 Å². The van der Waals surface area contributed by atoms with E-state index in [9.17, 15) is 31.6 Å². The first kappa shape index (κ1) is 97.2. The number of pyridine rings is 8. The van der Waals surface area contributed by atoms with E-state index in [1.807, 2.05) is 133 Å². The zero-order valence-electron chi connectivity index (χ0n) is 72.8. The molecule has 130 heavy (non-hydrogen) atoms. The largest absolute Gasteiger partial charge is 0.743 e. The maximum Gasteiger partial charge on any atom is 0.743 e. The lowest BCUT2D eigenvalue weighted by Gasteiger charge is -2.15. The maximum absolute atomic E-state index is 13.3. The number of rotatable bonds is 28. The van der Waals surface area contributed by atoms with Crippen molar-refractivity contribution in [1.29, 1.82) is 5.26 Å². The van der Waals surface area contributed by atoms with Gasteiger partial charge in [-0.1, -0.05) is 68.4 Å². The highest BCUT2D eigenvalue weighted by atomic mass is 27.3. The zero-order valence-corrected chi connectivity index (χ0v) is 82.0. The first-order valence-corrected chi connectivity index (χ1v) is 47.8. The summed E-state index contributed by atoms with van der Waals surface area (Å²) >= 11 is -7.29. The second kappa shape index (κ2) is 44.7. The zero-order chi connectivity index (χ0) is 92.5. The van der Waals surface area contributed by atoms with E-state index in [0.29, 0.717) is 56.7 Å². The Morgan fingerprint density at radius 3 is 1.12 bits per heavy atom. The van der Waals surface area contributed by atoms with E-state index in [0.717, 1.165) is 149 Å². The van der Waals surface area contributed by atoms with Crippen molar-refractivity contribution in [2.24, 2.45) is 0 Å². The number of alkyl halides is 6. The van der Waals surface area contributed by atoms with Gasteiger partial charge in [-0.05, 0) is 220 Å². The van der Waals surface area contributed by atoms with Crippen molar-refractivity contribution in [3.8, 4) is 63.6 Å². The lowest BCUT2D eigenvalue weighted by Crippen LogP contribution is -2.17. The number of benzene rings is 8. The molecule has 8 aromatic carbocycles. The van der Waals surface area contributed by atoms with Gasteiger partial charge in [0.1, 0.15) is 96.1 Å². The third-order valence-electron chi connectivity index (χ3n) is 20.1. The molecule has 644 valence electrons. The van der Waals surface area contributed by atoms with Gasteiger partial charge in [-0.2, -0.15) is 31.6 Å². The number of aryl methyl sites for hydroxylation is 12. The monoisotopic (exact) mass is 1870 g/mol. The highest BCUT2D eigenvalue weighted by Gasteiger charge is 2.34. The Morgan fingerprint density at radius 1 is 0.323 bits per heavy atom. The number of fused-ring (bicyclic) bond motifs is 8. The number of methoxy groups -OCH3 is 2. The lowest BCUT2D eigenvalue weighted by molar-refractivity contribution is -0.138. The third-order valence-corrected chi connectivity index (χ3v) is 26.5. The molecule has 0 atom stereocenters. The highest BCUT2D eigenvalue weighted by molar-refractivity contribution is 6.37. The number of hydrogen-bond donors (Lipinski definition) is 0. The summed E-state index contributed by atoms with van der Waals surface area (Å²) in [6.07, 6.45) is -7.25. The summed E-state index contributed by atoms with van der Waals surface area (Å²) in [7, 11) is 3.31. The molecule has 0 aliphatic carbocycles. The average molecular weight is 1880 g/mol. The summed E-state index contributed by atoms with van der Waals surface area (Å²) in [5.41, 5.74) is 15.9. The first-order chi connectivity index (χ1) is 62.5. The number of hydrogen-bond acceptors (Lipinski definition) is 23. The van der Waals surface area contributed by atoms with Crippen molar-refractivity contribution in [1.82, 2.24) is 39.9 Å². The first-order valence-electron chi connectivity index (χ1n) is 40.3. The summed E-state index contributed by atoms with van der Waals surface area (Å²) in [6.45, 7) is 30.9. The van der Waals surface area contributed by atoms with Gasteiger partial charge in [0.25, 0.3) is 0 Å². The minimum Gasteiger partial charge on any atom is -0.626 e. The van der Waals surface area contributed by atoms with Crippen LogP contribution >= 0.6 is 0 Å². The summed E-state index contributed by atoms with van der Waals surface area (Å²) < 4.78 is 160. The molecule has 0 aliphatic rings. The minimum atomic E-state index is -4.59. The fourth-order valence-electron chi connectivity index (χ4n) is 14.1. The van der Waals surface area contributed by atoms with Gasteiger partial charge in [0.05, 0.1) is 49.1 Å². The molecule has 16 aromatic rings. The van der Waals surface area contributed by atoms with E-state index in [1.54, 1.807) is 64.5 Å². The van der Waals surface area contributed by atoms with Gasteiger partial charge < -0.3 is 51.1 Å². The highest BCUT2D eigenvalue weighted by Crippen LogP contribution is 2.41. The van der Waals surface area contributed by atoms with Gasteiger partial charge in [0, 0.05) is 101 Å². The molecule has 24 nitrogen and oxygen atoms in total. The van der Waals surface area contributed by atoms with Crippen LogP contribution in [0.3, 0.4) is 0 Å². The van der Waals surface area contributed by atoms with Crippen LogP contribution in [0.2, 0.25) is 0 Å². The summed E-state index contributed by atoms with van der Waals surface area (Å²) in [4.78, 5) is 39.8. The normalized spacial score (nSPS) is 11.1. The average Bonchev–Trinajstić information content (AvgIpc) is 0.785. The van der Waals surface area contributed by atoms with Gasteiger partial charge in [-0.15, -0.1) is 0 Å². The molecule has 8 radical (unpaired) electrons. The SMILES string of the molecule is CCc1cc(C)nc2c([O][Al][O][Al][O]c3ccc(C)c4c(CC)cc(C)nc34)cccc12.COc1cc(C)nc2c([O][Al][O][Al][O]c3ccc(C)c4c(OC)cc(C)nc34)cccc12.Cc1ccc2cc(C(F)(F)F)cc([O][Al][O][Al][O]c3cc(C(F)(F)F)cc4ccc(C)nc34)c2n1.[C-]#[N+]c1ccc([O][Al][O][Al][O]c2ccc(C#N)c3ccc(C)nc23)c2nc(C)ccc12. The molecule has 0 aliphatic heterocycles. The summed E-state index contributed by atoms with van der Waals surface area (Å²) in [6, 6.07) is 54.4. The van der Waals surface area contributed by atoms with Crippen LogP contribution < -0.4 is 39.8 Å². The van der Waals surface area contributed by atoms with Crippen LogP contribution in [-0.2, 0) is 36.6 Å². The number of halogens is 6. The molecular weight excluding hydrogens is 1800 g/mol. The predicted octanol–water partition coefficient (Wildman–Crippen LogP) is 20.0. The van der Waals surface area contributed by atoms with Crippen LogP contribution in [0.25, 0.3) is 92.1 Å². The van der Waals surface area contributed by atoms with Crippen molar-refractivity contribution in [3.05, 3.63) is 278 Å². The molecule has 8 aromatic heterocycles. The van der Waals surface area contributed by atoms with Crippen molar-refractivity contribution >= 4 is 220 Å². The molecule has 38 heteroatoms. The maximum atomic E-state index is 13.3. The standard InChI is InChI=1S/C13H15NO.C12H13NO2.C12H13NO.2C11H8F3NO.2C11H8N2O.C11H11NO2.8Al.4O/c1-4-10-7-9(3)14-13-11(15)6-5-8(2)12(10)13;1-7-4-5-9(14)12-11(7)10(15-3)6-8(2)13-12;1-3-9-7-8(2)13-12-10(9)5-4-6-11(12)14;2*1-6-2-3-7-4-8(11(12,13)14)5-9(16)10(7)15-6;1-7-3-4-8-9(12-2)5-6-10(14)11(8)13-7;1-7-2-4-9-8(6-12)3-5-10(14)11(9)13-7;1-7-6-10(14-2)8-4-3-5-9(13)11(8)12-7;;;;;;;;;;;;/h5-7,15H,4H2,1-3H3;4-6,14H,1-3H3;4-7,14H,3H2,1-2H3;2*2-5,16H,1H3;3-6,14H,1H3;2-5,14H,1H3;3-6,13H,1-2H3;;;;;;;;;;;;/q;;;;;;;;8*+1;;;;/p-8. The van der Waals surface area contributed by atoms with Gasteiger partial charge in [-0.3, -0.25) is 4.98 Å². The molecule has 0 amide bonds. The van der Waals surface area contributed by atoms with E-state index in [2.05, 4.69) is 85.9 Å². The van der Waals surface area contributed by atoms with E-state index in [1.165, 1.54) is 34.2 Å². The molecular formula is C92H76Al8F6N10O14. The number of nitriles is 1. The molecule has 0 unspecified atom stereocenters. The second-order valence-corrected chi connectivity index (χ2v) is 37.1. The topological polar surface area (TPSA) is 260 Å². The Labute approximate surface area is 799 Å². The van der Waals surface area contributed by atoms with Crippen LogP contribution in [0.15, 0.2) is 182 Å². The third kappa shape index (κ3) is 24.1. The second-order valence-electron chi connectivity index (χ2n) is 29.4. The fraction of sp³-hybridized carbons (Fsp3) is 0.196. The van der Waals surface area contributed by atoms with E-state index < -0.39 is 151 Å². The van der Waals surface area contributed by atoms with Crippen LogP contribution in [0.4, 0.5) is 32.0 Å². The van der Waals surface area contributed by atoms with Gasteiger partial charge in [0.2, 0.25) is 0 Å². The molecule has 16 rings (SSSR count). The van der Waals surface area contributed by atoms with Crippen LogP contribution in [0.1, 0.15) is 98.3 Å². The number of para-hydroxylation sites is 2. The van der Waals surface area contributed by atoms with Crippen molar-refractivity contribution in [2.75, 3.05) is 14.2 Å². The number of ether oxygens (including phenoxy) is 2. The van der Waals surface area contributed by atoms with Crippen molar-refractivity contribution < 1.29 is 77.5 Å². The molecule has 0 saturated heterocycles. The molecule has 0 bridgehead atoms. The quantitative estimate of drug-likeness (QED) is 0.0191. The van der Waals surface area contributed by atoms with Crippen LogP contribution in [0, 0.1) is 87.1 Å². The summed E-state index contributed by atoms with van der Waals surface area (Å²) in [5, 5.41) is 15.5. The van der Waals surface area contributed by atoms with E-state index in [4.69, 9.17) is 67.7 Å². The van der Waals surface area contributed by atoms with Gasteiger partial charge in [-0.25, -0.2) is 39.7 Å². The van der Waals surface area contributed by atoms with Crippen LogP contribution in [0.5, 0.6) is 57.5 Å². The lowest BCUT2D eigenvalue weighted by atomic mass is 10.0. The molecule has 0 saturated carbocycles. The smallest absolute Gasteiger partial charge is 0.626 e. The van der Waals surface area contributed by atoms with Crippen LogP contribution in [-0.4, -0.2) is 181 Å². The molecule has 0 spiro atoms. The Kier molecular flexibility index (Phi) is 33.5. The molecule has 8 heterocycles. The van der Waals surface area contributed by atoms with Gasteiger partial charge >= 0.3 is 139 Å². The number of nitrogens with zero attached hydrogens (tertiary/aromatic N) is 10. The Hall–Kier alpha value is -10.3. The number of aromatic nitrogens is 8. The molecule has 0 fully saturated rings. The molecule has 0 N–H and O–H groups in total. The Morgan fingerprint density at radius 2 is 0.669 bits per heavy atom. The summed E-state index contributed by atoms with van der Waals surface area (Å²) in [5.74, 6) is 5.40. The van der Waals surface area contributed by atoms with Crippen molar-refractivity contribution in [2.45, 2.75) is 108 Å².